The Hall–Kier alpha value is -1.67. The lowest BCUT2D eigenvalue weighted by Crippen LogP contribution is -2.74. The summed E-state index contributed by atoms with van der Waals surface area (Å²) < 4.78 is 40.5. The molecular formula is C15H21FN4O2S. The summed E-state index contributed by atoms with van der Waals surface area (Å²) in [7, 11) is -2.46. The summed E-state index contributed by atoms with van der Waals surface area (Å²) in [5.41, 5.74) is -0.106. The van der Waals surface area contributed by atoms with Gasteiger partial charge < -0.3 is 10.6 Å². The van der Waals surface area contributed by atoms with Crippen LogP contribution in [0.5, 0.6) is 0 Å². The standard InChI is InChI=1S/C15H21FN4O2S/c1-10-4-5-12(16)11(8-10)14(2)15(6-7-18-9-15)23(21,22)20(3)13(17)19-14/h4-5,8,18H,6-7,9H2,1-3H3,(H2,17,19)/t14-,15-/m1/s1. The lowest BCUT2D eigenvalue weighted by Gasteiger charge is -2.52. The van der Waals surface area contributed by atoms with E-state index >= 15 is 0 Å². The zero-order valence-corrected chi connectivity index (χ0v) is 14.2. The van der Waals surface area contributed by atoms with Crippen molar-refractivity contribution >= 4 is 16.0 Å². The Morgan fingerprint density at radius 2 is 2.09 bits per heavy atom. The maximum atomic E-state index is 14.6. The zero-order chi connectivity index (χ0) is 17.0. The van der Waals surface area contributed by atoms with Gasteiger partial charge in [0.1, 0.15) is 10.6 Å². The molecule has 2 fully saturated rings. The average molecular weight is 340 g/mol. The van der Waals surface area contributed by atoms with Crippen LogP contribution in [-0.4, -0.2) is 43.6 Å². The summed E-state index contributed by atoms with van der Waals surface area (Å²) in [5, 5.41) is 14.1. The molecule has 1 spiro atoms. The number of nitrogens with one attached hydrogen (secondary N) is 3. The van der Waals surface area contributed by atoms with E-state index in [0.717, 1.165) is 9.87 Å². The fourth-order valence-electron chi connectivity index (χ4n) is 3.72. The Kier molecular flexibility index (Phi) is 3.46. The predicted octanol–water partition coefficient (Wildman–Crippen LogP) is 0.881. The highest BCUT2D eigenvalue weighted by atomic mass is 32.2. The summed E-state index contributed by atoms with van der Waals surface area (Å²) in [6.07, 6.45) is 0.351. The normalized spacial score (nSPS) is 33.0. The summed E-state index contributed by atoms with van der Waals surface area (Å²) in [5.74, 6) is -0.713. The minimum absolute atomic E-state index is 0.212. The van der Waals surface area contributed by atoms with Gasteiger partial charge in [0, 0.05) is 19.2 Å². The summed E-state index contributed by atoms with van der Waals surface area (Å²) in [6, 6.07) is 4.66. The molecule has 0 unspecified atom stereocenters. The number of sulfonamides is 1. The van der Waals surface area contributed by atoms with Crippen molar-refractivity contribution < 1.29 is 12.8 Å². The van der Waals surface area contributed by atoms with Crippen molar-refractivity contribution in [2.24, 2.45) is 0 Å². The van der Waals surface area contributed by atoms with Crippen molar-refractivity contribution in [3.05, 3.63) is 35.1 Å². The van der Waals surface area contributed by atoms with Crippen molar-refractivity contribution in [1.29, 1.82) is 5.41 Å². The monoisotopic (exact) mass is 340 g/mol. The smallest absolute Gasteiger partial charge is 0.246 e. The molecule has 0 aromatic heterocycles. The van der Waals surface area contributed by atoms with Crippen LogP contribution in [0.25, 0.3) is 0 Å². The lowest BCUT2D eigenvalue weighted by atomic mass is 9.77. The summed E-state index contributed by atoms with van der Waals surface area (Å²) >= 11 is 0. The largest absolute Gasteiger partial charge is 0.345 e. The minimum Gasteiger partial charge on any atom is -0.345 e. The molecule has 2 saturated heterocycles. The van der Waals surface area contributed by atoms with Crippen LogP contribution in [-0.2, 0) is 15.6 Å². The maximum absolute atomic E-state index is 14.6. The van der Waals surface area contributed by atoms with Crippen LogP contribution in [0.15, 0.2) is 18.2 Å². The molecular weight excluding hydrogens is 319 g/mol. The second kappa shape index (κ2) is 4.91. The molecule has 0 bridgehead atoms. The molecule has 23 heavy (non-hydrogen) atoms. The Morgan fingerprint density at radius 1 is 1.39 bits per heavy atom. The molecule has 126 valence electrons. The van der Waals surface area contributed by atoms with E-state index in [0.29, 0.717) is 13.0 Å². The Bertz CT molecular complexity index is 774. The second-order valence-corrected chi connectivity index (χ2v) is 8.75. The molecule has 3 N–H and O–H groups in total. The van der Waals surface area contributed by atoms with Gasteiger partial charge in [-0.2, -0.15) is 0 Å². The first kappa shape index (κ1) is 16.2. The van der Waals surface area contributed by atoms with Crippen LogP contribution >= 0.6 is 0 Å². The predicted molar refractivity (Wildman–Crippen MR) is 86.3 cm³/mol. The van der Waals surface area contributed by atoms with E-state index < -0.39 is 26.1 Å². The lowest BCUT2D eigenvalue weighted by molar-refractivity contribution is 0.264. The molecule has 2 heterocycles. The number of nitrogens with zero attached hydrogens (tertiary/aromatic N) is 1. The third-order valence-corrected chi connectivity index (χ3v) is 7.87. The highest BCUT2D eigenvalue weighted by Gasteiger charge is 2.65. The molecule has 0 saturated carbocycles. The van der Waals surface area contributed by atoms with Gasteiger partial charge in [-0.3, -0.25) is 5.41 Å². The van der Waals surface area contributed by atoms with E-state index in [1.807, 2.05) is 6.92 Å². The van der Waals surface area contributed by atoms with Gasteiger partial charge in [0.25, 0.3) is 0 Å². The molecule has 2 aliphatic heterocycles. The molecule has 0 amide bonds. The van der Waals surface area contributed by atoms with Gasteiger partial charge in [0.05, 0.1) is 5.54 Å². The topological polar surface area (TPSA) is 85.3 Å². The average Bonchev–Trinajstić information content (AvgIpc) is 2.99. The van der Waals surface area contributed by atoms with Crippen molar-refractivity contribution in [1.82, 2.24) is 14.9 Å². The molecule has 3 rings (SSSR count). The fraction of sp³-hybridized carbons (Fsp3) is 0.533. The van der Waals surface area contributed by atoms with E-state index in [1.165, 1.54) is 13.1 Å². The Labute approximate surface area is 135 Å². The van der Waals surface area contributed by atoms with E-state index in [9.17, 15) is 12.8 Å². The number of halogens is 1. The van der Waals surface area contributed by atoms with Gasteiger partial charge in [0.15, 0.2) is 0 Å². The zero-order valence-electron chi connectivity index (χ0n) is 13.4. The van der Waals surface area contributed by atoms with Crippen LogP contribution in [0.2, 0.25) is 0 Å². The fourth-order valence-corrected chi connectivity index (χ4v) is 5.85. The first-order chi connectivity index (χ1) is 10.7. The Morgan fingerprint density at radius 3 is 2.70 bits per heavy atom. The van der Waals surface area contributed by atoms with Crippen LogP contribution in [0, 0.1) is 18.2 Å². The van der Waals surface area contributed by atoms with Gasteiger partial charge in [-0.25, -0.2) is 17.1 Å². The molecule has 0 radical (unpaired) electrons. The van der Waals surface area contributed by atoms with Gasteiger partial charge in [-0.15, -0.1) is 0 Å². The van der Waals surface area contributed by atoms with Crippen LogP contribution in [0.3, 0.4) is 0 Å². The van der Waals surface area contributed by atoms with E-state index in [2.05, 4.69) is 10.6 Å². The van der Waals surface area contributed by atoms with E-state index in [-0.39, 0.29) is 18.1 Å². The maximum Gasteiger partial charge on any atom is 0.246 e. The number of hydrogen-bond donors (Lipinski definition) is 3. The number of rotatable bonds is 1. The third kappa shape index (κ3) is 1.94. The third-order valence-electron chi connectivity index (χ3n) is 5.23. The highest BCUT2D eigenvalue weighted by molar-refractivity contribution is 7.91. The number of benzene rings is 1. The van der Waals surface area contributed by atoms with Crippen molar-refractivity contribution in [2.45, 2.75) is 30.6 Å². The van der Waals surface area contributed by atoms with Gasteiger partial charge >= 0.3 is 0 Å². The quantitative estimate of drug-likeness (QED) is 0.708. The summed E-state index contributed by atoms with van der Waals surface area (Å²) in [4.78, 5) is 0. The molecule has 1 aromatic carbocycles. The molecule has 2 atom stereocenters. The second-order valence-electron chi connectivity index (χ2n) is 6.48. The number of guanidine groups is 1. The molecule has 8 heteroatoms. The molecule has 6 nitrogen and oxygen atoms in total. The Balaban J connectivity index is 2.31. The SMILES string of the molecule is Cc1ccc(F)c([C@@]2(C)NC(=N)N(C)S(=O)(=O)[C@@]23CCNC3)c1. The van der Waals surface area contributed by atoms with E-state index in [1.54, 1.807) is 19.1 Å². The highest BCUT2D eigenvalue weighted by Crippen LogP contribution is 2.47. The molecule has 1 aromatic rings. The van der Waals surface area contributed by atoms with Crippen molar-refractivity contribution in [3.8, 4) is 0 Å². The number of hydrogen-bond acceptors (Lipinski definition) is 4. The van der Waals surface area contributed by atoms with Crippen LogP contribution in [0.1, 0.15) is 24.5 Å². The van der Waals surface area contributed by atoms with Gasteiger partial charge in [-0.1, -0.05) is 17.7 Å². The summed E-state index contributed by atoms with van der Waals surface area (Å²) in [6.45, 7) is 4.26. The first-order valence-electron chi connectivity index (χ1n) is 7.48. The van der Waals surface area contributed by atoms with Crippen LogP contribution < -0.4 is 10.6 Å². The molecule has 0 aliphatic carbocycles. The van der Waals surface area contributed by atoms with Gasteiger partial charge in [-0.05, 0) is 32.9 Å². The van der Waals surface area contributed by atoms with Crippen molar-refractivity contribution in [2.75, 3.05) is 20.1 Å². The first-order valence-corrected chi connectivity index (χ1v) is 8.92. The van der Waals surface area contributed by atoms with Gasteiger partial charge in [0.2, 0.25) is 16.0 Å². The van der Waals surface area contributed by atoms with Crippen molar-refractivity contribution in [3.63, 3.8) is 0 Å². The van der Waals surface area contributed by atoms with E-state index in [4.69, 9.17) is 5.41 Å². The minimum atomic E-state index is -3.82. The van der Waals surface area contributed by atoms with Crippen LogP contribution in [0.4, 0.5) is 4.39 Å². The number of aryl methyl sites for hydroxylation is 1. The molecule has 2 aliphatic rings.